The molecular formula is C16H26BrNO3. The summed E-state index contributed by atoms with van der Waals surface area (Å²) in [6.07, 6.45) is 0.216. The summed E-state index contributed by atoms with van der Waals surface area (Å²) in [4.78, 5) is 0. The molecule has 0 heterocycles. The molecule has 0 spiro atoms. The minimum Gasteiger partial charge on any atom is -0.493 e. The monoisotopic (exact) mass is 359 g/mol. The molecule has 0 saturated carbocycles. The van der Waals surface area contributed by atoms with E-state index in [1.54, 1.807) is 14.0 Å². The molecule has 1 aromatic carbocycles. The van der Waals surface area contributed by atoms with Gasteiger partial charge in [0.1, 0.15) is 0 Å². The summed E-state index contributed by atoms with van der Waals surface area (Å²) in [5.41, 5.74) is 1.18. The average molecular weight is 360 g/mol. The number of hydrogen-bond acceptors (Lipinski definition) is 4. The summed E-state index contributed by atoms with van der Waals surface area (Å²) in [6, 6.07) is 4.00. The molecular weight excluding hydrogens is 334 g/mol. The Morgan fingerprint density at radius 1 is 1.33 bits per heavy atom. The van der Waals surface area contributed by atoms with E-state index in [2.05, 4.69) is 42.0 Å². The van der Waals surface area contributed by atoms with Gasteiger partial charge < -0.3 is 19.9 Å². The standard InChI is InChI=1S/C16H26BrNO3/c1-11(19)6-7-21-15-13(17)8-12(9-14(15)20-5)10-18-16(2,3)4/h8-9,11,18-19H,6-7,10H2,1-5H3. The van der Waals surface area contributed by atoms with Gasteiger partial charge in [0, 0.05) is 18.5 Å². The number of benzene rings is 1. The average Bonchev–Trinajstić information content (AvgIpc) is 2.37. The predicted molar refractivity (Wildman–Crippen MR) is 89.1 cm³/mol. The van der Waals surface area contributed by atoms with E-state index in [0.29, 0.717) is 24.5 Å². The van der Waals surface area contributed by atoms with Crippen LogP contribution in [0.4, 0.5) is 0 Å². The molecule has 4 nitrogen and oxygen atoms in total. The van der Waals surface area contributed by atoms with Crippen molar-refractivity contribution in [1.82, 2.24) is 5.32 Å². The zero-order valence-electron chi connectivity index (χ0n) is 13.5. The summed E-state index contributed by atoms with van der Waals surface area (Å²) in [7, 11) is 1.63. The third-order valence-corrected chi connectivity index (χ3v) is 3.48. The van der Waals surface area contributed by atoms with Gasteiger partial charge in [-0.25, -0.2) is 0 Å². The first kappa shape index (κ1) is 18.3. The van der Waals surface area contributed by atoms with Crippen LogP contribution in [-0.4, -0.2) is 30.5 Å². The summed E-state index contributed by atoms with van der Waals surface area (Å²) in [6.45, 7) is 9.35. The Hall–Kier alpha value is -0.780. The van der Waals surface area contributed by atoms with Crippen LogP contribution in [0.15, 0.2) is 16.6 Å². The van der Waals surface area contributed by atoms with Crippen molar-refractivity contribution in [3.8, 4) is 11.5 Å². The molecule has 0 aromatic heterocycles. The van der Waals surface area contributed by atoms with Crippen LogP contribution in [0.3, 0.4) is 0 Å². The van der Waals surface area contributed by atoms with Crippen molar-refractivity contribution in [2.45, 2.75) is 52.3 Å². The molecule has 0 saturated heterocycles. The van der Waals surface area contributed by atoms with Crippen LogP contribution in [0.25, 0.3) is 0 Å². The van der Waals surface area contributed by atoms with Crippen LogP contribution in [0.5, 0.6) is 11.5 Å². The van der Waals surface area contributed by atoms with Gasteiger partial charge in [-0.15, -0.1) is 0 Å². The largest absolute Gasteiger partial charge is 0.493 e. The van der Waals surface area contributed by atoms with E-state index in [0.717, 1.165) is 16.6 Å². The lowest BCUT2D eigenvalue weighted by Gasteiger charge is -2.21. The van der Waals surface area contributed by atoms with Crippen molar-refractivity contribution >= 4 is 15.9 Å². The summed E-state index contributed by atoms with van der Waals surface area (Å²) < 4.78 is 12.0. The Labute approximate surface area is 136 Å². The highest BCUT2D eigenvalue weighted by Gasteiger charge is 2.14. The van der Waals surface area contributed by atoms with E-state index in [4.69, 9.17) is 9.47 Å². The van der Waals surface area contributed by atoms with E-state index < -0.39 is 0 Å². The minimum atomic E-state index is -0.370. The van der Waals surface area contributed by atoms with Crippen molar-refractivity contribution < 1.29 is 14.6 Å². The van der Waals surface area contributed by atoms with Gasteiger partial charge in [0.05, 0.1) is 24.3 Å². The van der Waals surface area contributed by atoms with Crippen LogP contribution < -0.4 is 14.8 Å². The fourth-order valence-electron chi connectivity index (χ4n) is 1.71. The van der Waals surface area contributed by atoms with Crippen LogP contribution in [-0.2, 0) is 6.54 Å². The third-order valence-electron chi connectivity index (χ3n) is 2.89. The Bertz CT molecular complexity index is 456. The number of aliphatic hydroxyl groups excluding tert-OH is 1. The highest BCUT2D eigenvalue weighted by molar-refractivity contribution is 9.10. The number of halogens is 1. The van der Waals surface area contributed by atoms with Gasteiger partial charge in [0.2, 0.25) is 0 Å². The smallest absolute Gasteiger partial charge is 0.175 e. The first-order valence-corrected chi connectivity index (χ1v) is 7.94. The maximum absolute atomic E-state index is 9.29. The van der Waals surface area contributed by atoms with Crippen molar-refractivity contribution in [1.29, 1.82) is 0 Å². The van der Waals surface area contributed by atoms with E-state index in [9.17, 15) is 5.11 Å². The highest BCUT2D eigenvalue weighted by Crippen LogP contribution is 2.36. The second kappa shape index (κ2) is 8.01. The lowest BCUT2D eigenvalue weighted by atomic mass is 10.1. The van der Waals surface area contributed by atoms with E-state index >= 15 is 0 Å². The Kier molecular flexibility index (Phi) is 6.97. The Balaban J connectivity index is 2.81. The third kappa shape index (κ3) is 6.68. The number of nitrogens with one attached hydrogen (secondary N) is 1. The van der Waals surface area contributed by atoms with Gasteiger partial charge in [-0.1, -0.05) is 0 Å². The van der Waals surface area contributed by atoms with Crippen molar-refractivity contribution in [2.75, 3.05) is 13.7 Å². The lowest BCUT2D eigenvalue weighted by molar-refractivity contribution is 0.154. The number of hydrogen-bond donors (Lipinski definition) is 2. The number of methoxy groups -OCH3 is 1. The molecule has 1 unspecified atom stereocenters. The Morgan fingerprint density at radius 2 is 2.00 bits per heavy atom. The first-order valence-electron chi connectivity index (χ1n) is 7.15. The van der Waals surface area contributed by atoms with Crippen LogP contribution in [0.1, 0.15) is 39.7 Å². The maximum atomic E-state index is 9.29. The van der Waals surface area contributed by atoms with E-state index in [1.807, 2.05) is 12.1 Å². The summed E-state index contributed by atoms with van der Waals surface area (Å²) in [5, 5.41) is 12.7. The molecule has 0 amide bonds. The fourth-order valence-corrected chi connectivity index (χ4v) is 2.32. The molecule has 120 valence electrons. The van der Waals surface area contributed by atoms with Crippen LogP contribution in [0.2, 0.25) is 0 Å². The number of aliphatic hydroxyl groups is 1. The zero-order chi connectivity index (χ0) is 16.0. The van der Waals surface area contributed by atoms with Crippen LogP contribution in [0, 0.1) is 0 Å². The molecule has 2 N–H and O–H groups in total. The highest BCUT2D eigenvalue weighted by atomic mass is 79.9. The minimum absolute atomic E-state index is 0.0617. The second-order valence-corrected chi connectivity index (χ2v) is 7.05. The molecule has 0 aliphatic rings. The number of ether oxygens (including phenoxy) is 2. The molecule has 0 aliphatic heterocycles. The predicted octanol–water partition coefficient (Wildman–Crippen LogP) is 3.50. The molecule has 5 heteroatoms. The zero-order valence-corrected chi connectivity index (χ0v) is 15.1. The molecule has 0 fully saturated rings. The fraction of sp³-hybridized carbons (Fsp3) is 0.625. The lowest BCUT2D eigenvalue weighted by Crippen LogP contribution is -2.35. The molecule has 0 aliphatic carbocycles. The van der Waals surface area contributed by atoms with Gasteiger partial charge in [-0.05, 0) is 61.3 Å². The first-order chi connectivity index (χ1) is 9.73. The summed E-state index contributed by atoms with van der Waals surface area (Å²) in [5.74, 6) is 1.37. The quantitative estimate of drug-likeness (QED) is 0.782. The summed E-state index contributed by atoms with van der Waals surface area (Å²) >= 11 is 3.53. The van der Waals surface area contributed by atoms with Gasteiger partial charge in [-0.3, -0.25) is 0 Å². The molecule has 1 atom stereocenters. The van der Waals surface area contributed by atoms with Gasteiger partial charge in [0.25, 0.3) is 0 Å². The number of rotatable bonds is 7. The molecule has 0 radical (unpaired) electrons. The molecule has 1 aromatic rings. The van der Waals surface area contributed by atoms with Crippen molar-refractivity contribution in [3.05, 3.63) is 22.2 Å². The van der Waals surface area contributed by atoms with Crippen LogP contribution >= 0.6 is 15.9 Å². The topological polar surface area (TPSA) is 50.7 Å². The molecule has 1 rings (SSSR count). The normalized spacial score (nSPS) is 13.1. The molecule has 0 bridgehead atoms. The second-order valence-electron chi connectivity index (χ2n) is 6.20. The Morgan fingerprint density at radius 3 is 2.52 bits per heavy atom. The maximum Gasteiger partial charge on any atom is 0.175 e. The van der Waals surface area contributed by atoms with Gasteiger partial charge in [-0.2, -0.15) is 0 Å². The SMILES string of the molecule is COc1cc(CNC(C)(C)C)cc(Br)c1OCCC(C)O. The van der Waals surface area contributed by atoms with E-state index in [1.165, 1.54) is 0 Å². The van der Waals surface area contributed by atoms with Crippen molar-refractivity contribution in [3.63, 3.8) is 0 Å². The van der Waals surface area contributed by atoms with Gasteiger partial charge in [0.15, 0.2) is 11.5 Å². The van der Waals surface area contributed by atoms with Gasteiger partial charge >= 0.3 is 0 Å². The van der Waals surface area contributed by atoms with Crippen molar-refractivity contribution in [2.24, 2.45) is 0 Å². The molecule has 21 heavy (non-hydrogen) atoms. The van der Waals surface area contributed by atoms with E-state index in [-0.39, 0.29) is 11.6 Å².